The first-order valence-electron chi connectivity index (χ1n) is 13.5. The van der Waals surface area contributed by atoms with Crippen molar-refractivity contribution in [2.75, 3.05) is 6.61 Å². The van der Waals surface area contributed by atoms with Gasteiger partial charge in [-0.3, -0.25) is 4.79 Å². The number of aliphatic hydroxyl groups is 2. The maximum absolute atomic E-state index is 9.87. The van der Waals surface area contributed by atoms with E-state index in [1.54, 1.807) is 6.08 Å². The summed E-state index contributed by atoms with van der Waals surface area (Å²) in [4.78, 5) is 9.87. The molecule has 0 saturated heterocycles. The van der Waals surface area contributed by atoms with Crippen LogP contribution in [0.5, 0.6) is 0 Å². The molecule has 1 aromatic rings. The van der Waals surface area contributed by atoms with Crippen LogP contribution in [0.4, 0.5) is 0 Å². The van der Waals surface area contributed by atoms with Crippen LogP contribution in [0.1, 0.15) is 130 Å². The van der Waals surface area contributed by atoms with E-state index >= 15 is 0 Å². The van der Waals surface area contributed by atoms with Gasteiger partial charge in [-0.15, -0.1) is 6.58 Å². The number of rotatable bonds is 15. The number of benzene rings is 1. The Bertz CT molecular complexity index is 508. The number of aliphatic hydroxyl groups excluding tert-OH is 2. The zero-order valence-corrected chi connectivity index (χ0v) is 23.0. The molecule has 0 bridgehead atoms. The van der Waals surface area contributed by atoms with Crippen molar-refractivity contribution in [2.45, 2.75) is 130 Å². The van der Waals surface area contributed by atoms with Crippen LogP contribution in [0.3, 0.4) is 0 Å². The smallest absolute Gasteiger partial charge is 0.303 e. The molecule has 0 aromatic heterocycles. The lowest BCUT2D eigenvalue weighted by molar-refractivity contribution is -0.137. The molecule has 0 spiro atoms. The fraction of sp³-hybridized carbons (Fsp3) is 0.700. The van der Waals surface area contributed by atoms with Crippen LogP contribution in [0.25, 0.3) is 0 Å². The summed E-state index contributed by atoms with van der Waals surface area (Å²) in [6.45, 7) is 14.7. The topological polar surface area (TPSA) is 77.8 Å². The lowest BCUT2D eigenvalue weighted by atomic mass is 10.0. The van der Waals surface area contributed by atoms with Crippen molar-refractivity contribution in [2.24, 2.45) is 0 Å². The molecule has 1 rings (SSSR count). The molecule has 4 nitrogen and oxygen atoms in total. The van der Waals surface area contributed by atoms with Crippen molar-refractivity contribution in [3.63, 3.8) is 0 Å². The Morgan fingerprint density at radius 2 is 1.35 bits per heavy atom. The van der Waals surface area contributed by atoms with Gasteiger partial charge in [-0.25, -0.2) is 0 Å². The molecule has 0 aliphatic carbocycles. The first kappa shape index (κ1) is 36.9. The first-order chi connectivity index (χ1) is 16.3. The van der Waals surface area contributed by atoms with Gasteiger partial charge in [0.2, 0.25) is 0 Å². The Kier molecular flexibility index (Phi) is 34.0. The molecule has 0 heterocycles. The fourth-order valence-corrected chi connectivity index (χ4v) is 2.80. The zero-order valence-electron chi connectivity index (χ0n) is 23.0. The van der Waals surface area contributed by atoms with Crippen LogP contribution in [-0.4, -0.2) is 34.0 Å². The highest BCUT2D eigenvalue weighted by atomic mass is 16.4. The van der Waals surface area contributed by atoms with Crippen molar-refractivity contribution in [3.05, 3.63) is 48.6 Å². The summed E-state index contributed by atoms with van der Waals surface area (Å²) in [5.74, 6) is -0.0235. The minimum atomic E-state index is -0.682. The van der Waals surface area contributed by atoms with Crippen LogP contribution < -0.4 is 0 Å². The third-order valence-electron chi connectivity index (χ3n) is 5.10. The maximum atomic E-state index is 9.87. The third-order valence-corrected chi connectivity index (χ3v) is 5.10. The van der Waals surface area contributed by atoms with Crippen LogP contribution in [0.15, 0.2) is 43.0 Å². The number of carboxylic acids is 1. The zero-order chi connectivity index (χ0) is 26.5. The molecular weight excluding hydrogens is 424 g/mol. The predicted octanol–water partition coefficient (Wildman–Crippen LogP) is 8.52. The van der Waals surface area contributed by atoms with E-state index in [1.165, 1.54) is 44.1 Å². The quantitative estimate of drug-likeness (QED) is 0.174. The van der Waals surface area contributed by atoms with E-state index in [-0.39, 0.29) is 6.10 Å². The van der Waals surface area contributed by atoms with Crippen LogP contribution in [-0.2, 0) is 4.79 Å². The molecule has 4 heteroatoms. The van der Waals surface area contributed by atoms with Gasteiger partial charge >= 0.3 is 5.97 Å². The summed E-state index contributed by atoms with van der Waals surface area (Å²) in [6, 6.07) is 10.5. The lowest BCUT2D eigenvalue weighted by Gasteiger charge is -2.01. The molecule has 0 aliphatic heterocycles. The third kappa shape index (κ3) is 35.0. The van der Waals surface area contributed by atoms with E-state index in [0.717, 1.165) is 38.5 Å². The highest BCUT2D eigenvalue weighted by Gasteiger charge is 1.95. The van der Waals surface area contributed by atoms with E-state index in [0.29, 0.717) is 18.9 Å². The summed E-state index contributed by atoms with van der Waals surface area (Å²) in [5, 5.41) is 25.5. The van der Waals surface area contributed by atoms with Gasteiger partial charge < -0.3 is 15.3 Å². The Morgan fingerprint density at radius 1 is 0.853 bits per heavy atom. The van der Waals surface area contributed by atoms with Gasteiger partial charge in [-0.1, -0.05) is 129 Å². The SMILES string of the molecule is C=CC(O)CCCCC.CC(C)c1ccccc1.CCCCCC(=O)O.CCCCCCCO. The molecule has 3 N–H and O–H groups in total. The number of carboxylic acid groups (broad SMARTS) is 1. The van der Waals surface area contributed by atoms with Crippen molar-refractivity contribution in [1.82, 2.24) is 0 Å². The van der Waals surface area contributed by atoms with Crippen molar-refractivity contribution in [1.29, 1.82) is 0 Å². The standard InChI is InChI=1S/C9H12.C8H16O.C7H16O.C6H12O2/c1-8(2)9-6-4-3-5-7-9;1-3-5-6-7-8(9)4-2;1-2-3-4-5-6-7-8;1-2-3-4-5-6(7)8/h3-8H,1-2H3;4,8-9H,2-3,5-7H2,1H3;8H,2-7H2,1H3;2-5H2,1H3,(H,7,8). The Hall–Kier alpha value is -1.65. The lowest BCUT2D eigenvalue weighted by Crippen LogP contribution is -1.99. The highest BCUT2D eigenvalue weighted by molar-refractivity contribution is 5.66. The second kappa shape index (κ2) is 31.4. The summed E-state index contributed by atoms with van der Waals surface area (Å²) >= 11 is 0. The van der Waals surface area contributed by atoms with Crippen LogP contribution in [0.2, 0.25) is 0 Å². The van der Waals surface area contributed by atoms with Gasteiger partial charge in [0.15, 0.2) is 0 Å². The largest absolute Gasteiger partial charge is 0.481 e. The molecule has 0 amide bonds. The van der Waals surface area contributed by atoms with Gasteiger partial charge in [0, 0.05) is 13.0 Å². The molecule has 1 atom stereocenters. The van der Waals surface area contributed by atoms with Gasteiger partial charge in [0.05, 0.1) is 6.10 Å². The monoisotopic (exact) mass is 480 g/mol. The van der Waals surface area contributed by atoms with E-state index in [1.807, 2.05) is 6.07 Å². The van der Waals surface area contributed by atoms with E-state index < -0.39 is 5.97 Å². The Labute approximate surface area is 211 Å². The van der Waals surface area contributed by atoms with E-state index in [4.69, 9.17) is 15.3 Å². The molecule has 34 heavy (non-hydrogen) atoms. The average Bonchev–Trinajstić information content (AvgIpc) is 2.84. The van der Waals surface area contributed by atoms with Crippen molar-refractivity contribution >= 4 is 5.97 Å². The molecule has 0 saturated carbocycles. The molecule has 0 fully saturated rings. The minimum absolute atomic E-state index is 0.281. The maximum Gasteiger partial charge on any atom is 0.303 e. The van der Waals surface area contributed by atoms with E-state index in [9.17, 15) is 4.79 Å². The molecule has 1 unspecified atom stereocenters. The van der Waals surface area contributed by atoms with Gasteiger partial charge in [0.1, 0.15) is 0 Å². The summed E-state index contributed by atoms with van der Waals surface area (Å²) in [7, 11) is 0. The first-order valence-corrected chi connectivity index (χ1v) is 13.5. The minimum Gasteiger partial charge on any atom is -0.481 e. The molecule has 0 aliphatic rings. The van der Waals surface area contributed by atoms with Crippen LogP contribution >= 0.6 is 0 Å². The molecule has 0 radical (unpaired) electrons. The molecule has 1 aromatic carbocycles. The second-order valence-electron chi connectivity index (χ2n) is 8.85. The molecular formula is C30H56O4. The number of hydrogen-bond acceptors (Lipinski definition) is 3. The Morgan fingerprint density at radius 3 is 1.76 bits per heavy atom. The fourth-order valence-electron chi connectivity index (χ4n) is 2.80. The van der Waals surface area contributed by atoms with Gasteiger partial charge in [-0.05, 0) is 30.7 Å². The number of carbonyl (C=O) groups is 1. The van der Waals surface area contributed by atoms with Gasteiger partial charge in [-0.2, -0.15) is 0 Å². The summed E-state index contributed by atoms with van der Waals surface area (Å²) in [5.41, 5.74) is 1.41. The number of unbranched alkanes of at least 4 members (excludes halogenated alkanes) is 8. The summed E-state index contributed by atoms with van der Waals surface area (Å²) < 4.78 is 0. The molecule has 200 valence electrons. The summed E-state index contributed by atoms with van der Waals surface area (Å²) in [6.07, 6.45) is 15.1. The number of aliphatic carboxylic acids is 1. The van der Waals surface area contributed by atoms with Crippen molar-refractivity contribution < 1.29 is 20.1 Å². The normalized spacial score (nSPS) is 10.6. The average molecular weight is 481 g/mol. The number of hydrogen-bond donors (Lipinski definition) is 3. The van der Waals surface area contributed by atoms with E-state index in [2.05, 4.69) is 65.5 Å². The van der Waals surface area contributed by atoms with Gasteiger partial charge in [0.25, 0.3) is 0 Å². The Balaban J connectivity index is -0.000000378. The van der Waals surface area contributed by atoms with Crippen molar-refractivity contribution in [3.8, 4) is 0 Å². The highest BCUT2D eigenvalue weighted by Crippen LogP contribution is 2.11. The van der Waals surface area contributed by atoms with Crippen LogP contribution in [0, 0.1) is 0 Å². The second-order valence-corrected chi connectivity index (χ2v) is 8.85. The predicted molar refractivity (Wildman–Crippen MR) is 148 cm³/mol.